The molecule has 0 spiro atoms. The summed E-state index contributed by atoms with van der Waals surface area (Å²) in [5.74, 6) is -0.136. The van der Waals surface area contributed by atoms with Crippen LogP contribution in [0.4, 0.5) is 9.18 Å². The molecule has 2 N–H and O–H groups in total. The third kappa shape index (κ3) is 3.73. The van der Waals surface area contributed by atoms with E-state index in [1.54, 1.807) is 6.92 Å². The van der Waals surface area contributed by atoms with E-state index in [2.05, 4.69) is 17.1 Å². The number of nitrogens with one attached hydrogen (secondary N) is 1. The topological polar surface area (TPSA) is 72.9 Å². The molecule has 2 aliphatic rings. The second kappa shape index (κ2) is 7.32. The first-order valence-electron chi connectivity index (χ1n) is 9.10. The van der Waals surface area contributed by atoms with Crippen LogP contribution in [0.3, 0.4) is 0 Å². The van der Waals surface area contributed by atoms with Gasteiger partial charge in [-0.3, -0.25) is 9.69 Å². The van der Waals surface area contributed by atoms with Crippen LogP contribution in [0.1, 0.15) is 32.3 Å². The van der Waals surface area contributed by atoms with Crippen LogP contribution in [-0.2, 0) is 10.3 Å². The minimum absolute atomic E-state index is 0.0481. The number of rotatable bonds is 5. The second-order valence-corrected chi connectivity index (χ2v) is 7.61. The maximum atomic E-state index is 13.1. The molecular formula is C19H26FN3O3. The highest BCUT2D eigenvalue weighted by molar-refractivity contribution is 6.07. The van der Waals surface area contributed by atoms with Crippen molar-refractivity contribution in [2.75, 3.05) is 26.2 Å². The van der Waals surface area contributed by atoms with E-state index in [0.717, 1.165) is 30.8 Å². The van der Waals surface area contributed by atoms with E-state index in [9.17, 15) is 19.1 Å². The zero-order valence-electron chi connectivity index (χ0n) is 15.2. The van der Waals surface area contributed by atoms with Crippen LogP contribution in [0, 0.1) is 11.7 Å². The Kier molecular flexibility index (Phi) is 5.29. The van der Waals surface area contributed by atoms with Gasteiger partial charge in [0.2, 0.25) is 0 Å². The standard InChI is InChI=1S/C19H26FN3O3/c1-13-7-9-22(10-8-13)11-16(24)12-23-17(25)19(2,21-18(23)26)14-3-5-15(20)6-4-14/h3-6,13,16,24H,7-12H2,1-2H3,(H,21,26)/t16-,19+/m0/s1. The number of carbonyl (C=O) groups is 2. The summed E-state index contributed by atoms with van der Waals surface area (Å²) in [6.07, 6.45) is 1.39. The minimum Gasteiger partial charge on any atom is -0.390 e. The Hall–Kier alpha value is -1.99. The van der Waals surface area contributed by atoms with Crippen LogP contribution in [0.5, 0.6) is 0 Å². The minimum atomic E-state index is -1.24. The van der Waals surface area contributed by atoms with E-state index in [4.69, 9.17) is 0 Å². The fraction of sp³-hybridized carbons (Fsp3) is 0.579. The van der Waals surface area contributed by atoms with Gasteiger partial charge in [-0.05, 0) is 56.5 Å². The number of benzene rings is 1. The highest BCUT2D eigenvalue weighted by Crippen LogP contribution is 2.29. The fourth-order valence-corrected chi connectivity index (χ4v) is 3.65. The molecule has 1 aromatic carbocycles. The summed E-state index contributed by atoms with van der Waals surface area (Å²) >= 11 is 0. The molecule has 3 rings (SSSR count). The highest BCUT2D eigenvalue weighted by Gasteiger charge is 2.49. The molecule has 0 unspecified atom stereocenters. The Balaban J connectivity index is 1.64. The van der Waals surface area contributed by atoms with Crippen molar-refractivity contribution >= 4 is 11.9 Å². The molecule has 2 aliphatic heterocycles. The molecule has 7 heteroatoms. The maximum absolute atomic E-state index is 13.1. The quantitative estimate of drug-likeness (QED) is 0.781. The normalized spacial score (nSPS) is 26.2. The lowest BCUT2D eigenvalue weighted by atomic mass is 9.92. The van der Waals surface area contributed by atoms with Crippen molar-refractivity contribution in [3.8, 4) is 0 Å². The van der Waals surface area contributed by atoms with E-state index in [-0.39, 0.29) is 6.54 Å². The van der Waals surface area contributed by atoms with E-state index >= 15 is 0 Å². The molecule has 1 aromatic rings. The number of imide groups is 1. The zero-order valence-corrected chi connectivity index (χ0v) is 15.2. The number of likely N-dealkylation sites (tertiary alicyclic amines) is 1. The van der Waals surface area contributed by atoms with Crippen LogP contribution in [0.15, 0.2) is 24.3 Å². The maximum Gasteiger partial charge on any atom is 0.325 e. The van der Waals surface area contributed by atoms with E-state index in [1.807, 2.05) is 0 Å². The predicted molar refractivity (Wildman–Crippen MR) is 94.8 cm³/mol. The Morgan fingerprint density at radius 2 is 1.85 bits per heavy atom. The zero-order chi connectivity index (χ0) is 18.9. The molecule has 2 fully saturated rings. The number of piperidine rings is 1. The summed E-state index contributed by atoms with van der Waals surface area (Å²) in [7, 11) is 0. The molecule has 0 saturated carbocycles. The van der Waals surface area contributed by atoms with Gasteiger partial charge in [-0.15, -0.1) is 0 Å². The van der Waals surface area contributed by atoms with Crippen molar-refractivity contribution in [2.45, 2.75) is 38.3 Å². The lowest BCUT2D eigenvalue weighted by Gasteiger charge is -2.32. The van der Waals surface area contributed by atoms with E-state index in [0.29, 0.717) is 18.0 Å². The van der Waals surface area contributed by atoms with Crippen molar-refractivity contribution in [1.29, 1.82) is 0 Å². The first kappa shape index (κ1) is 18.8. The Morgan fingerprint density at radius 1 is 1.23 bits per heavy atom. The second-order valence-electron chi connectivity index (χ2n) is 7.61. The average molecular weight is 363 g/mol. The van der Waals surface area contributed by atoms with Gasteiger partial charge in [0.25, 0.3) is 5.91 Å². The summed E-state index contributed by atoms with van der Waals surface area (Å²) < 4.78 is 13.1. The lowest BCUT2D eigenvalue weighted by molar-refractivity contribution is -0.132. The third-order valence-electron chi connectivity index (χ3n) is 5.44. The number of hydrogen-bond donors (Lipinski definition) is 2. The molecule has 26 heavy (non-hydrogen) atoms. The molecule has 6 nitrogen and oxygen atoms in total. The molecule has 0 aromatic heterocycles. The largest absolute Gasteiger partial charge is 0.390 e. The summed E-state index contributed by atoms with van der Waals surface area (Å²) in [5.41, 5.74) is -0.732. The molecule has 3 amide bonds. The predicted octanol–water partition coefficient (Wildman–Crippen LogP) is 1.69. The van der Waals surface area contributed by atoms with Crippen LogP contribution in [-0.4, -0.2) is 59.1 Å². The summed E-state index contributed by atoms with van der Waals surface area (Å²) in [4.78, 5) is 28.3. The third-order valence-corrected chi connectivity index (χ3v) is 5.44. The summed E-state index contributed by atoms with van der Waals surface area (Å²) in [5, 5.41) is 13.0. The van der Waals surface area contributed by atoms with Gasteiger partial charge in [0, 0.05) is 6.54 Å². The van der Waals surface area contributed by atoms with Crippen LogP contribution < -0.4 is 5.32 Å². The molecule has 0 bridgehead atoms. The lowest BCUT2D eigenvalue weighted by Crippen LogP contribution is -2.45. The summed E-state index contributed by atoms with van der Waals surface area (Å²) in [6.45, 7) is 6.05. The van der Waals surface area contributed by atoms with Crippen LogP contribution >= 0.6 is 0 Å². The molecule has 0 radical (unpaired) electrons. The van der Waals surface area contributed by atoms with Crippen molar-refractivity contribution in [3.63, 3.8) is 0 Å². The van der Waals surface area contributed by atoms with Gasteiger partial charge in [0.1, 0.15) is 11.4 Å². The molecular weight excluding hydrogens is 337 g/mol. The molecule has 2 atom stereocenters. The van der Waals surface area contributed by atoms with E-state index in [1.165, 1.54) is 24.3 Å². The van der Waals surface area contributed by atoms with Gasteiger partial charge in [0.05, 0.1) is 12.6 Å². The van der Waals surface area contributed by atoms with Crippen molar-refractivity contribution in [1.82, 2.24) is 15.1 Å². The van der Waals surface area contributed by atoms with Crippen LogP contribution in [0.2, 0.25) is 0 Å². The number of aliphatic hydroxyl groups is 1. The first-order valence-corrected chi connectivity index (χ1v) is 9.10. The monoisotopic (exact) mass is 363 g/mol. The van der Waals surface area contributed by atoms with Crippen molar-refractivity contribution in [2.24, 2.45) is 5.92 Å². The highest BCUT2D eigenvalue weighted by atomic mass is 19.1. The Morgan fingerprint density at radius 3 is 2.46 bits per heavy atom. The van der Waals surface area contributed by atoms with Gasteiger partial charge in [0.15, 0.2) is 0 Å². The number of urea groups is 1. The number of hydrogen-bond acceptors (Lipinski definition) is 4. The number of nitrogens with zero attached hydrogens (tertiary/aromatic N) is 2. The number of β-amino-alcohol motifs (C(OH)–C–C–N with tert-alkyl or cyclic N) is 1. The molecule has 142 valence electrons. The average Bonchev–Trinajstić information content (AvgIpc) is 2.82. The van der Waals surface area contributed by atoms with Crippen molar-refractivity contribution in [3.05, 3.63) is 35.6 Å². The van der Waals surface area contributed by atoms with Crippen molar-refractivity contribution < 1.29 is 19.1 Å². The number of halogens is 1. The van der Waals surface area contributed by atoms with Gasteiger partial charge in [-0.1, -0.05) is 19.1 Å². The smallest absolute Gasteiger partial charge is 0.325 e. The summed E-state index contributed by atoms with van der Waals surface area (Å²) in [6, 6.07) is 4.96. The Bertz CT molecular complexity index is 673. The fourth-order valence-electron chi connectivity index (χ4n) is 3.65. The molecule has 2 saturated heterocycles. The Labute approximate surface area is 153 Å². The van der Waals surface area contributed by atoms with Gasteiger partial charge in [-0.2, -0.15) is 0 Å². The van der Waals surface area contributed by atoms with E-state index < -0.39 is 29.4 Å². The number of aliphatic hydroxyl groups excluding tert-OH is 1. The molecule has 0 aliphatic carbocycles. The number of carbonyl (C=O) groups excluding carboxylic acids is 2. The van der Waals surface area contributed by atoms with Gasteiger partial charge >= 0.3 is 6.03 Å². The SMILES string of the molecule is CC1CCN(C[C@H](O)CN2C(=O)N[C@](C)(c3ccc(F)cc3)C2=O)CC1. The van der Waals surface area contributed by atoms with Crippen LogP contribution in [0.25, 0.3) is 0 Å². The van der Waals surface area contributed by atoms with Gasteiger partial charge in [-0.25, -0.2) is 9.18 Å². The first-order chi connectivity index (χ1) is 12.3. The van der Waals surface area contributed by atoms with Gasteiger partial charge < -0.3 is 15.3 Å². The number of amides is 3. The molecule has 2 heterocycles.